The van der Waals surface area contributed by atoms with Crippen LogP contribution in [0.5, 0.6) is 0 Å². The van der Waals surface area contributed by atoms with Crippen molar-refractivity contribution in [3.05, 3.63) is 70.9 Å². The van der Waals surface area contributed by atoms with Gasteiger partial charge in [0, 0.05) is 22.9 Å². The van der Waals surface area contributed by atoms with Crippen LogP contribution in [-0.2, 0) is 12.3 Å². The van der Waals surface area contributed by atoms with Crippen LogP contribution in [0.2, 0.25) is 5.02 Å². The monoisotopic (exact) mass is 428 g/mol. The fourth-order valence-corrected chi connectivity index (χ4v) is 4.43. The molecule has 4 aromatic rings. The average molecular weight is 429 g/mol. The summed E-state index contributed by atoms with van der Waals surface area (Å²) >= 11 is 9.19. The second-order valence-corrected chi connectivity index (χ2v) is 8.33. The molecule has 142 valence electrons. The Morgan fingerprint density at radius 1 is 1.25 bits per heavy atom. The zero-order chi connectivity index (χ0) is 19.5. The number of aromatic nitrogens is 4. The molecule has 0 saturated heterocycles. The van der Waals surface area contributed by atoms with Gasteiger partial charge in [0.25, 0.3) is 0 Å². The number of halogens is 1. The second-order valence-electron chi connectivity index (χ2n) is 6.00. The van der Waals surface area contributed by atoms with Crippen LogP contribution in [0.15, 0.2) is 64.0 Å². The van der Waals surface area contributed by atoms with Crippen LogP contribution in [0.1, 0.15) is 11.5 Å². The Morgan fingerprint density at radius 3 is 2.79 bits per heavy atom. The number of benzene rings is 1. The van der Waals surface area contributed by atoms with Gasteiger partial charge in [-0.2, -0.15) is 0 Å². The standard InChI is InChI=1S/C20H17ClN4OS2/c1-3-10-25-18(14-6-8-15(21)9-7-14)23-24-20(25)28-12-16-13(2)26-19(22-16)17-5-4-11-27-17/h3-9,11H,1,10,12H2,2H3. The van der Waals surface area contributed by atoms with Gasteiger partial charge < -0.3 is 4.42 Å². The van der Waals surface area contributed by atoms with E-state index in [-0.39, 0.29) is 0 Å². The lowest BCUT2D eigenvalue weighted by Crippen LogP contribution is -2.00. The molecule has 0 atom stereocenters. The van der Waals surface area contributed by atoms with E-state index in [2.05, 4.69) is 21.8 Å². The minimum Gasteiger partial charge on any atom is -0.440 e. The normalized spacial score (nSPS) is 11.1. The number of oxazole rings is 1. The highest BCUT2D eigenvalue weighted by atomic mass is 35.5. The third kappa shape index (κ3) is 3.92. The van der Waals surface area contributed by atoms with Gasteiger partial charge in [-0.1, -0.05) is 35.5 Å². The first kappa shape index (κ1) is 19.0. The van der Waals surface area contributed by atoms with Gasteiger partial charge in [0.1, 0.15) is 5.76 Å². The van der Waals surface area contributed by atoms with Crippen LogP contribution in [0.25, 0.3) is 22.2 Å². The van der Waals surface area contributed by atoms with Gasteiger partial charge in [0.2, 0.25) is 5.89 Å². The fraction of sp³-hybridized carbons (Fsp3) is 0.150. The molecule has 5 nitrogen and oxygen atoms in total. The maximum atomic E-state index is 6.00. The SMILES string of the molecule is C=CCn1c(SCc2nc(-c3cccs3)oc2C)nnc1-c1ccc(Cl)cc1. The second kappa shape index (κ2) is 8.34. The van der Waals surface area contributed by atoms with Crippen molar-refractivity contribution in [3.63, 3.8) is 0 Å². The third-order valence-electron chi connectivity index (χ3n) is 4.09. The van der Waals surface area contributed by atoms with Crippen molar-refractivity contribution in [3.8, 4) is 22.2 Å². The lowest BCUT2D eigenvalue weighted by molar-refractivity contribution is 0.542. The predicted octanol–water partition coefficient (Wildman–Crippen LogP) is 6.10. The van der Waals surface area contributed by atoms with E-state index in [1.54, 1.807) is 23.1 Å². The van der Waals surface area contributed by atoms with E-state index in [1.807, 2.05) is 59.3 Å². The minimum atomic E-state index is 0.617. The van der Waals surface area contributed by atoms with E-state index in [9.17, 15) is 0 Å². The summed E-state index contributed by atoms with van der Waals surface area (Å²) in [6.07, 6.45) is 1.84. The Labute approximate surface area is 176 Å². The maximum Gasteiger partial charge on any atom is 0.236 e. The summed E-state index contributed by atoms with van der Waals surface area (Å²) in [6.45, 7) is 6.41. The number of aryl methyl sites for hydroxylation is 1. The molecule has 3 heterocycles. The lowest BCUT2D eigenvalue weighted by Gasteiger charge is -2.07. The van der Waals surface area contributed by atoms with Crippen LogP contribution < -0.4 is 0 Å². The highest BCUT2D eigenvalue weighted by Crippen LogP contribution is 2.30. The van der Waals surface area contributed by atoms with Gasteiger partial charge in [0.05, 0.1) is 10.6 Å². The van der Waals surface area contributed by atoms with Crippen LogP contribution in [0, 0.1) is 6.92 Å². The smallest absolute Gasteiger partial charge is 0.236 e. The molecule has 0 aliphatic heterocycles. The summed E-state index contributed by atoms with van der Waals surface area (Å²) in [5, 5.41) is 12.3. The molecule has 0 fully saturated rings. The highest BCUT2D eigenvalue weighted by Gasteiger charge is 2.17. The quantitative estimate of drug-likeness (QED) is 0.263. The number of hydrogen-bond acceptors (Lipinski definition) is 6. The number of thioether (sulfide) groups is 1. The zero-order valence-electron chi connectivity index (χ0n) is 15.1. The molecule has 28 heavy (non-hydrogen) atoms. The average Bonchev–Trinajstić information content (AvgIpc) is 3.42. The van der Waals surface area contributed by atoms with Gasteiger partial charge in [0.15, 0.2) is 11.0 Å². The molecule has 8 heteroatoms. The number of allylic oxidation sites excluding steroid dienone is 1. The van der Waals surface area contributed by atoms with Crippen LogP contribution in [-0.4, -0.2) is 19.7 Å². The molecule has 4 rings (SSSR count). The Morgan fingerprint density at radius 2 is 2.07 bits per heavy atom. The third-order valence-corrected chi connectivity index (χ3v) is 6.18. The van der Waals surface area contributed by atoms with E-state index in [0.717, 1.165) is 32.9 Å². The van der Waals surface area contributed by atoms with Crippen molar-refractivity contribution in [1.82, 2.24) is 19.7 Å². The van der Waals surface area contributed by atoms with Crippen molar-refractivity contribution in [1.29, 1.82) is 0 Å². The summed E-state index contributed by atoms with van der Waals surface area (Å²) in [5.41, 5.74) is 1.87. The van der Waals surface area contributed by atoms with E-state index < -0.39 is 0 Å². The summed E-state index contributed by atoms with van der Waals surface area (Å²) in [6, 6.07) is 11.6. The molecule has 0 radical (unpaired) electrons. The number of rotatable bonds is 7. The molecule has 3 aromatic heterocycles. The van der Waals surface area contributed by atoms with Crippen molar-refractivity contribution in [2.24, 2.45) is 0 Å². The molecule has 0 N–H and O–H groups in total. The molecule has 1 aromatic carbocycles. The highest BCUT2D eigenvalue weighted by molar-refractivity contribution is 7.98. The molecular formula is C20H17ClN4OS2. The topological polar surface area (TPSA) is 56.7 Å². The Hall–Kier alpha value is -2.35. The van der Waals surface area contributed by atoms with E-state index in [0.29, 0.717) is 23.2 Å². The molecule has 0 bridgehead atoms. The molecule has 0 amide bonds. The molecule has 0 unspecified atom stereocenters. The van der Waals surface area contributed by atoms with Crippen LogP contribution >= 0.6 is 34.7 Å². The summed E-state index contributed by atoms with van der Waals surface area (Å²) in [5.74, 6) is 2.92. The van der Waals surface area contributed by atoms with Gasteiger partial charge in [-0.25, -0.2) is 4.98 Å². The number of thiophene rings is 1. The van der Waals surface area contributed by atoms with Crippen molar-refractivity contribution < 1.29 is 4.42 Å². The first-order chi connectivity index (χ1) is 13.7. The van der Waals surface area contributed by atoms with Gasteiger partial charge >= 0.3 is 0 Å². The van der Waals surface area contributed by atoms with Crippen molar-refractivity contribution in [2.75, 3.05) is 0 Å². The summed E-state index contributed by atoms with van der Waals surface area (Å²) in [7, 11) is 0. The van der Waals surface area contributed by atoms with Crippen LogP contribution in [0.3, 0.4) is 0 Å². The Balaban J connectivity index is 1.57. The van der Waals surface area contributed by atoms with Gasteiger partial charge in [-0.05, 0) is 42.6 Å². The summed E-state index contributed by atoms with van der Waals surface area (Å²) < 4.78 is 7.86. The van der Waals surface area contributed by atoms with Gasteiger partial charge in [-0.3, -0.25) is 4.57 Å². The van der Waals surface area contributed by atoms with Crippen molar-refractivity contribution >= 4 is 34.7 Å². The first-order valence-corrected chi connectivity index (χ1v) is 10.8. The molecule has 0 saturated carbocycles. The van der Waals surface area contributed by atoms with E-state index in [4.69, 9.17) is 16.0 Å². The first-order valence-electron chi connectivity index (χ1n) is 8.58. The van der Waals surface area contributed by atoms with Gasteiger partial charge in [-0.15, -0.1) is 28.1 Å². The van der Waals surface area contributed by atoms with E-state index in [1.165, 1.54) is 0 Å². The zero-order valence-corrected chi connectivity index (χ0v) is 17.5. The molecule has 0 aliphatic rings. The Kier molecular flexibility index (Phi) is 5.66. The predicted molar refractivity (Wildman–Crippen MR) is 115 cm³/mol. The Bertz CT molecular complexity index is 1080. The molecule has 0 spiro atoms. The summed E-state index contributed by atoms with van der Waals surface area (Å²) in [4.78, 5) is 5.68. The largest absolute Gasteiger partial charge is 0.440 e. The number of hydrogen-bond donors (Lipinski definition) is 0. The number of nitrogens with zero attached hydrogens (tertiary/aromatic N) is 4. The lowest BCUT2D eigenvalue weighted by atomic mass is 10.2. The van der Waals surface area contributed by atoms with E-state index >= 15 is 0 Å². The maximum absolute atomic E-state index is 6.00. The molecule has 0 aliphatic carbocycles. The fourth-order valence-electron chi connectivity index (χ4n) is 2.70. The van der Waals surface area contributed by atoms with Crippen LogP contribution in [0.4, 0.5) is 0 Å². The minimum absolute atomic E-state index is 0.617. The van der Waals surface area contributed by atoms with Crippen molar-refractivity contribution in [2.45, 2.75) is 24.4 Å². The molecular weight excluding hydrogens is 412 g/mol.